The molecule has 0 fully saturated rings. The minimum atomic E-state index is 0.162. The smallest absolute Gasteiger partial charge is 0.241 e. The van der Waals surface area contributed by atoms with Gasteiger partial charge in [-0.3, -0.25) is 4.57 Å². The maximum atomic E-state index is 5.93. The van der Waals surface area contributed by atoms with Crippen molar-refractivity contribution < 1.29 is 0 Å². The van der Waals surface area contributed by atoms with Crippen LogP contribution in [0.25, 0.3) is 5.95 Å². The highest BCUT2D eigenvalue weighted by molar-refractivity contribution is 6.28. The monoisotopic (exact) mass is 309 g/mol. The molecule has 0 saturated carbocycles. The number of nitrogens with one attached hydrogen (secondary N) is 1. The lowest BCUT2D eigenvalue weighted by Crippen LogP contribution is -2.28. The molecule has 0 saturated heterocycles. The van der Waals surface area contributed by atoms with Crippen molar-refractivity contribution in [3.05, 3.63) is 24.0 Å². The Labute approximate surface area is 129 Å². The maximum Gasteiger partial charge on any atom is 0.241 e. The maximum absolute atomic E-state index is 5.93. The molecule has 7 nitrogen and oxygen atoms in total. The van der Waals surface area contributed by atoms with Crippen LogP contribution < -0.4 is 5.32 Å². The van der Waals surface area contributed by atoms with Gasteiger partial charge in [-0.05, 0) is 45.5 Å². The average Bonchev–Trinajstić information content (AvgIpc) is 2.96. The standard InChI is InChI=1S/C13H20ClN7/c1-10(2)20(3)7-4-5-16-12-17-11(14)18-13(19-12)21-8-6-15-9-21/h6,8-10H,4-5,7H2,1-3H3,(H,16,17,18,19). The highest BCUT2D eigenvalue weighted by Crippen LogP contribution is 2.09. The van der Waals surface area contributed by atoms with E-state index in [-0.39, 0.29) is 5.28 Å². The highest BCUT2D eigenvalue weighted by Gasteiger charge is 2.07. The van der Waals surface area contributed by atoms with E-state index in [4.69, 9.17) is 11.6 Å². The van der Waals surface area contributed by atoms with Crippen LogP contribution in [0.15, 0.2) is 18.7 Å². The molecule has 0 radical (unpaired) electrons. The molecule has 0 unspecified atom stereocenters. The quantitative estimate of drug-likeness (QED) is 0.787. The van der Waals surface area contributed by atoms with Crippen LogP contribution in [0.4, 0.5) is 5.95 Å². The van der Waals surface area contributed by atoms with Crippen LogP contribution >= 0.6 is 11.6 Å². The van der Waals surface area contributed by atoms with E-state index in [0.717, 1.165) is 19.5 Å². The molecule has 0 aliphatic rings. The van der Waals surface area contributed by atoms with E-state index in [0.29, 0.717) is 17.9 Å². The Morgan fingerprint density at radius 3 is 2.81 bits per heavy atom. The summed E-state index contributed by atoms with van der Waals surface area (Å²) in [6.07, 6.45) is 6.03. The summed E-state index contributed by atoms with van der Waals surface area (Å²) < 4.78 is 1.69. The number of hydrogen-bond acceptors (Lipinski definition) is 6. The lowest BCUT2D eigenvalue weighted by atomic mass is 10.3. The van der Waals surface area contributed by atoms with Crippen LogP contribution in [0, 0.1) is 0 Å². The van der Waals surface area contributed by atoms with Gasteiger partial charge in [0.05, 0.1) is 0 Å². The third kappa shape index (κ3) is 4.64. The van der Waals surface area contributed by atoms with Gasteiger partial charge in [-0.25, -0.2) is 4.98 Å². The summed E-state index contributed by atoms with van der Waals surface area (Å²) >= 11 is 5.93. The summed E-state index contributed by atoms with van der Waals surface area (Å²) in [5.74, 6) is 0.931. The number of anilines is 1. The van der Waals surface area contributed by atoms with Gasteiger partial charge in [0.1, 0.15) is 6.33 Å². The molecule has 2 rings (SSSR count). The van der Waals surface area contributed by atoms with Crippen molar-refractivity contribution in [2.45, 2.75) is 26.3 Å². The molecule has 1 N–H and O–H groups in total. The molecule has 0 atom stereocenters. The molecule has 0 aromatic carbocycles. The molecule has 0 bridgehead atoms. The number of rotatable bonds is 7. The first-order chi connectivity index (χ1) is 10.1. The van der Waals surface area contributed by atoms with E-state index >= 15 is 0 Å². The summed E-state index contributed by atoms with van der Waals surface area (Å²) in [7, 11) is 2.11. The third-order valence-corrected chi connectivity index (χ3v) is 3.35. The summed E-state index contributed by atoms with van der Waals surface area (Å²) in [4.78, 5) is 18.7. The zero-order valence-corrected chi connectivity index (χ0v) is 13.2. The summed E-state index contributed by atoms with van der Waals surface area (Å²) in [6.45, 7) is 6.14. The van der Waals surface area contributed by atoms with Crippen molar-refractivity contribution in [2.75, 3.05) is 25.5 Å². The normalized spacial score (nSPS) is 11.3. The van der Waals surface area contributed by atoms with Crippen molar-refractivity contribution >= 4 is 17.5 Å². The molecule has 8 heteroatoms. The van der Waals surface area contributed by atoms with Crippen molar-refractivity contribution in [3.8, 4) is 5.95 Å². The molecular weight excluding hydrogens is 290 g/mol. The number of halogens is 1. The van der Waals surface area contributed by atoms with E-state index < -0.39 is 0 Å². The van der Waals surface area contributed by atoms with Crippen LogP contribution in [0.1, 0.15) is 20.3 Å². The molecule has 21 heavy (non-hydrogen) atoms. The Morgan fingerprint density at radius 1 is 1.33 bits per heavy atom. The lowest BCUT2D eigenvalue weighted by Gasteiger charge is -2.20. The second-order valence-electron chi connectivity index (χ2n) is 5.05. The Bertz CT molecular complexity index is 556. The van der Waals surface area contributed by atoms with Gasteiger partial charge in [0.25, 0.3) is 0 Å². The Hall–Kier alpha value is -1.73. The minimum Gasteiger partial charge on any atom is -0.354 e. The summed E-state index contributed by atoms with van der Waals surface area (Å²) in [5, 5.41) is 3.34. The van der Waals surface area contributed by atoms with Crippen molar-refractivity contribution in [1.29, 1.82) is 0 Å². The zero-order chi connectivity index (χ0) is 15.2. The second kappa shape index (κ2) is 7.33. The van der Waals surface area contributed by atoms with Gasteiger partial charge in [0.15, 0.2) is 0 Å². The summed E-state index contributed by atoms with van der Waals surface area (Å²) in [6, 6.07) is 0.546. The molecule has 2 heterocycles. The van der Waals surface area contributed by atoms with Crippen molar-refractivity contribution in [3.63, 3.8) is 0 Å². The molecule has 0 aliphatic carbocycles. The number of hydrogen-bond donors (Lipinski definition) is 1. The molecular formula is C13H20ClN7. The van der Waals surface area contributed by atoms with Gasteiger partial charge in [0.2, 0.25) is 17.2 Å². The van der Waals surface area contributed by atoms with E-state index in [1.807, 2.05) is 0 Å². The van der Waals surface area contributed by atoms with E-state index in [1.54, 1.807) is 23.3 Å². The van der Waals surface area contributed by atoms with Gasteiger partial charge < -0.3 is 10.2 Å². The van der Waals surface area contributed by atoms with Crippen molar-refractivity contribution in [1.82, 2.24) is 29.4 Å². The zero-order valence-electron chi connectivity index (χ0n) is 12.5. The number of aromatic nitrogens is 5. The molecule has 2 aromatic heterocycles. The lowest BCUT2D eigenvalue weighted by molar-refractivity contribution is 0.273. The average molecular weight is 310 g/mol. The Balaban J connectivity index is 1.92. The predicted molar refractivity (Wildman–Crippen MR) is 82.8 cm³/mol. The van der Waals surface area contributed by atoms with Crippen LogP contribution in [-0.2, 0) is 0 Å². The van der Waals surface area contributed by atoms with Gasteiger partial charge in [-0.1, -0.05) is 0 Å². The number of nitrogens with zero attached hydrogens (tertiary/aromatic N) is 6. The SMILES string of the molecule is CC(C)N(C)CCCNc1nc(Cl)nc(-n2ccnc2)n1. The number of imidazole rings is 1. The first kappa shape index (κ1) is 15.7. The fraction of sp³-hybridized carbons (Fsp3) is 0.538. The van der Waals surface area contributed by atoms with Gasteiger partial charge in [-0.15, -0.1) is 0 Å². The van der Waals surface area contributed by atoms with Crippen LogP contribution in [0.3, 0.4) is 0 Å². The molecule has 0 aliphatic heterocycles. The summed E-state index contributed by atoms with van der Waals surface area (Å²) in [5.41, 5.74) is 0. The van der Waals surface area contributed by atoms with Gasteiger partial charge in [-0.2, -0.15) is 15.0 Å². The van der Waals surface area contributed by atoms with E-state index in [1.165, 1.54) is 0 Å². The third-order valence-electron chi connectivity index (χ3n) is 3.18. The first-order valence-electron chi connectivity index (χ1n) is 6.90. The van der Waals surface area contributed by atoms with Crippen molar-refractivity contribution in [2.24, 2.45) is 0 Å². The highest BCUT2D eigenvalue weighted by atomic mass is 35.5. The predicted octanol–water partition coefficient (Wildman–Crippen LogP) is 1.85. The van der Waals surface area contributed by atoms with E-state index in [9.17, 15) is 0 Å². The largest absolute Gasteiger partial charge is 0.354 e. The fourth-order valence-corrected chi connectivity index (χ4v) is 1.85. The first-order valence-corrected chi connectivity index (χ1v) is 7.28. The molecule has 2 aromatic rings. The molecule has 0 spiro atoms. The Kier molecular flexibility index (Phi) is 5.46. The van der Waals surface area contributed by atoms with Crippen LogP contribution in [0.2, 0.25) is 5.28 Å². The molecule has 0 amide bonds. The van der Waals surface area contributed by atoms with Crippen LogP contribution in [-0.4, -0.2) is 55.6 Å². The Morgan fingerprint density at radius 2 is 2.14 bits per heavy atom. The fourth-order valence-electron chi connectivity index (χ4n) is 1.70. The minimum absolute atomic E-state index is 0.162. The molecule has 114 valence electrons. The van der Waals surface area contributed by atoms with Gasteiger partial charge >= 0.3 is 0 Å². The van der Waals surface area contributed by atoms with E-state index in [2.05, 4.69) is 51.0 Å². The van der Waals surface area contributed by atoms with Crippen LogP contribution in [0.5, 0.6) is 0 Å². The van der Waals surface area contributed by atoms with Gasteiger partial charge in [0, 0.05) is 25.0 Å². The topological polar surface area (TPSA) is 71.8 Å². The second-order valence-corrected chi connectivity index (χ2v) is 5.39.